The molecule has 5 heteroatoms. The van der Waals surface area contributed by atoms with Crippen molar-refractivity contribution in [3.8, 4) is 0 Å². The number of hydrogen-bond donors (Lipinski definition) is 1. The van der Waals surface area contributed by atoms with Crippen molar-refractivity contribution in [2.24, 2.45) is 5.92 Å². The quantitative estimate of drug-likeness (QED) is 0.716. The molecule has 0 amide bonds. The molecule has 11 heavy (non-hydrogen) atoms. The van der Waals surface area contributed by atoms with Crippen molar-refractivity contribution in [3.05, 3.63) is 0 Å². The summed E-state index contributed by atoms with van der Waals surface area (Å²) in [5.41, 5.74) is 0. The molecule has 1 saturated heterocycles. The van der Waals surface area contributed by atoms with Crippen molar-refractivity contribution in [2.75, 3.05) is 13.1 Å². The van der Waals surface area contributed by atoms with Gasteiger partial charge in [0, 0.05) is 5.92 Å². The van der Waals surface area contributed by atoms with Gasteiger partial charge in [0.05, 0.1) is 0 Å². The highest BCUT2D eigenvalue weighted by Crippen LogP contribution is 2.06. The van der Waals surface area contributed by atoms with Crippen LogP contribution in [-0.4, -0.2) is 24.9 Å². The lowest BCUT2D eigenvalue weighted by Crippen LogP contribution is -2.28. The Morgan fingerprint density at radius 3 is 1.91 bits per heavy atom. The molecular formula is C6H15Br2NO2. The number of nitrogens with one attached hydrogen (secondary N) is 1. The number of halogens is 2. The van der Waals surface area contributed by atoms with E-state index in [4.69, 9.17) is 0 Å². The van der Waals surface area contributed by atoms with E-state index in [0.29, 0.717) is 5.92 Å². The van der Waals surface area contributed by atoms with Crippen LogP contribution in [0.15, 0.2) is 0 Å². The first kappa shape index (κ1) is 17.6. The monoisotopic (exact) mass is 291 g/mol. The van der Waals surface area contributed by atoms with E-state index in [9.17, 15) is 4.79 Å². The van der Waals surface area contributed by atoms with Crippen molar-refractivity contribution >= 4 is 40.2 Å². The van der Waals surface area contributed by atoms with Gasteiger partial charge in [0.1, 0.15) is 6.29 Å². The summed E-state index contributed by atoms with van der Waals surface area (Å²) < 4.78 is 0. The zero-order valence-corrected chi connectivity index (χ0v) is 9.63. The SMILES string of the molecule is Br.Br.O.O=CC1CCNCC1. The van der Waals surface area contributed by atoms with Gasteiger partial charge in [0.25, 0.3) is 0 Å². The molecule has 3 N–H and O–H groups in total. The summed E-state index contributed by atoms with van der Waals surface area (Å²) in [4.78, 5) is 10.1. The van der Waals surface area contributed by atoms with E-state index < -0.39 is 0 Å². The van der Waals surface area contributed by atoms with Gasteiger partial charge in [0.2, 0.25) is 0 Å². The summed E-state index contributed by atoms with van der Waals surface area (Å²) in [5.74, 6) is 0.344. The molecule has 0 aromatic carbocycles. The number of hydrogen-bond acceptors (Lipinski definition) is 2. The summed E-state index contributed by atoms with van der Waals surface area (Å²) in [6.07, 6.45) is 3.13. The lowest BCUT2D eigenvalue weighted by Gasteiger charge is -2.16. The van der Waals surface area contributed by atoms with E-state index in [-0.39, 0.29) is 39.4 Å². The first-order valence-corrected chi connectivity index (χ1v) is 3.09. The average molecular weight is 293 g/mol. The maximum Gasteiger partial charge on any atom is 0.123 e. The molecule has 0 aliphatic carbocycles. The molecular weight excluding hydrogens is 278 g/mol. The molecule has 0 aromatic heterocycles. The molecule has 1 heterocycles. The predicted octanol–water partition coefficient (Wildman–Crippen LogP) is 0.516. The third-order valence-electron chi connectivity index (χ3n) is 1.58. The fraction of sp³-hybridized carbons (Fsp3) is 0.833. The molecule has 0 bridgehead atoms. The van der Waals surface area contributed by atoms with Crippen LogP contribution in [0.1, 0.15) is 12.8 Å². The topological polar surface area (TPSA) is 60.6 Å². The number of carbonyl (C=O) groups is 1. The molecule has 3 nitrogen and oxygen atoms in total. The Labute approximate surface area is 87.8 Å². The predicted molar refractivity (Wildman–Crippen MR) is 55.9 cm³/mol. The first-order valence-electron chi connectivity index (χ1n) is 3.09. The van der Waals surface area contributed by atoms with Crippen molar-refractivity contribution < 1.29 is 10.3 Å². The Kier molecular flexibility index (Phi) is 16.9. The maximum absolute atomic E-state index is 10.1. The van der Waals surface area contributed by atoms with Crippen LogP contribution < -0.4 is 5.32 Å². The van der Waals surface area contributed by atoms with Gasteiger partial charge in [-0.1, -0.05) is 0 Å². The minimum absolute atomic E-state index is 0. The van der Waals surface area contributed by atoms with Gasteiger partial charge in [-0.05, 0) is 25.9 Å². The molecule has 70 valence electrons. The third kappa shape index (κ3) is 6.93. The van der Waals surface area contributed by atoms with E-state index in [1.165, 1.54) is 0 Å². The second-order valence-electron chi connectivity index (χ2n) is 2.22. The normalized spacial score (nSPS) is 16.7. The molecule has 0 radical (unpaired) electrons. The zero-order valence-electron chi connectivity index (χ0n) is 6.21. The van der Waals surface area contributed by atoms with Crippen LogP contribution in [0, 0.1) is 5.92 Å². The summed E-state index contributed by atoms with van der Waals surface area (Å²) in [6.45, 7) is 2.03. The highest BCUT2D eigenvalue weighted by atomic mass is 79.9. The van der Waals surface area contributed by atoms with Crippen molar-refractivity contribution in [3.63, 3.8) is 0 Å². The van der Waals surface area contributed by atoms with Crippen LogP contribution in [-0.2, 0) is 4.79 Å². The summed E-state index contributed by atoms with van der Waals surface area (Å²) in [6, 6.07) is 0. The maximum atomic E-state index is 10.1. The lowest BCUT2D eigenvalue weighted by atomic mass is 10.0. The number of carbonyl (C=O) groups excluding carboxylic acids is 1. The Morgan fingerprint density at radius 2 is 1.64 bits per heavy atom. The molecule has 0 atom stereocenters. The van der Waals surface area contributed by atoms with E-state index in [1.807, 2.05) is 0 Å². The molecule has 0 unspecified atom stereocenters. The van der Waals surface area contributed by atoms with Gasteiger partial charge in [-0.2, -0.15) is 0 Å². The van der Waals surface area contributed by atoms with Gasteiger partial charge in [-0.15, -0.1) is 34.0 Å². The highest BCUT2D eigenvalue weighted by molar-refractivity contribution is 8.93. The second kappa shape index (κ2) is 10.6. The molecule has 1 aliphatic heterocycles. The van der Waals surface area contributed by atoms with Gasteiger partial charge < -0.3 is 15.6 Å². The first-order chi connectivity index (χ1) is 3.93. The Balaban J connectivity index is -0.000000213. The average Bonchev–Trinajstić information content (AvgIpc) is 1.90. The number of aldehydes is 1. The van der Waals surface area contributed by atoms with Crippen molar-refractivity contribution in [1.82, 2.24) is 5.32 Å². The minimum atomic E-state index is 0. The fourth-order valence-corrected chi connectivity index (χ4v) is 0.980. The molecule has 1 rings (SSSR count). The molecule has 1 aliphatic rings. The zero-order chi connectivity index (χ0) is 5.82. The fourth-order valence-electron chi connectivity index (χ4n) is 0.980. The van der Waals surface area contributed by atoms with Gasteiger partial charge >= 0.3 is 0 Å². The molecule has 1 fully saturated rings. The smallest absolute Gasteiger partial charge is 0.123 e. The van der Waals surface area contributed by atoms with Crippen LogP contribution in [0.5, 0.6) is 0 Å². The van der Waals surface area contributed by atoms with Crippen LogP contribution in [0.25, 0.3) is 0 Å². The largest absolute Gasteiger partial charge is 0.412 e. The third-order valence-corrected chi connectivity index (χ3v) is 1.58. The highest BCUT2D eigenvalue weighted by Gasteiger charge is 2.09. The van der Waals surface area contributed by atoms with Crippen LogP contribution in [0.4, 0.5) is 0 Å². The van der Waals surface area contributed by atoms with Crippen molar-refractivity contribution in [1.29, 1.82) is 0 Å². The van der Waals surface area contributed by atoms with Crippen molar-refractivity contribution in [2.45, 2.75) is 12.8 Å². The van der Waals surface area contributed by atoms with Crippen LogP contribution in [0.2, 0.25) is 0 Å². The Morgan fingerprint density at radius 1 is 1.18 bits per heavy atom. The van der Waals surface area contributed by atoms with E-state index >= 15 is 0 Å². The van der Waals surface area contributed by atoms with Crippen LogP contribution >= 0.6 is 34.0 Å². The Bertz CT molecular complexity index is 86.7. The van der Waals surface area contributed by atoms with E-state index in [0.717, 1.165) is 32.2 Å². The van der Waals surface area contributed by atoms with Crippen LogP contribution in [0.3, 0.4) is 0 Å². The molecule has 0 spiro atoms. The Hall–Kier alpha value is 0.550. The second-order valence-corrected chi connectivity index (χ2v) is 2.22. The standard InChI is InChI=1S/C6H11NO.2BrH.H2O/c8-5-6-1-3-7-4-2-6;;;/h5-7H,1-4H2;2*1H;1H2. The van der Waals surface area contributed by atoms with Gasteiger partial charge in [-0.3, -0.25) is 0 Å². The minimum Gasteiger partial charge on any atom is -0.412 e. The van der Waals surface area contributed by atoms with E-state index in [1.54, 1.807) is 0 Å². The summed E-state index contributed by atoms with van der Waals surface area (Å²) in [7, 11) is 0. The molecule has 0 aromatic rings. The van der Waals surface area contributed by atoms with Gasteiger partial charge in [0.15, 0.2) is 0 Å². The summed E-state index contributed by atoms with van der Waals surface area (Å²) >= 11 is 0. The van der Waals surface area contributed by atoms with E-state index in [2.05, 4.69) is 5.32 Å². The number of piperidine rings is 1. The summed E-state index contributed by atoms with van der Waals surface area (Å²) in [5, 5.41) is 3.19. The lowest BCUT2D eigenvalue weighted by molar-refractivity contribution is -0.111. The molecule has 0 saturated carbocycles. The van der Waals surface area contributed by atoms with Gasteiger partial charge in [-0.25, -0.2) is 0 Å². The number of rotatable bonds is 1.